The van der Waals surface area contributed by atoms with Crippen LogP contribution in [0.4, 0.5) is 0 Å². The molecule has 0 fully saturated rings. The molecule has 1 aromatic rings. The predicted molar refractivity (Wildman–Crippen MR) is 73.2 cm³/mol. The Hall–Kier alpha value is -0.860. The molecule has 96 valence electrons. The number of hydrogen-bond donors (Lipinski definition) is 1. The van der Waals surface area contributed by atoms with Crippen molar-refractivity contribution in [1.82, 2.24) is 5.32 Å². The molecule has 2 atom stereocenters. The summed E-state index contributed by atoms with van der Waals surface area (Å²) in [5, 5.41) is 3.45. The van der Waals surface area contributed by atoms with Crippen LogP contribution in [0.15, 0.2) is 30.3 Å². The molecule has 2 heteroatoms. The molecule has 1 rings (SSSR count). The molecule has 2 unspecified atom stereocenters. The lowest BCUT2D eigenvalue weighted by molar-refractivity contribution is -0.00537. The maximum Gasteiger partial charge on any atom is 0.0952 e. The lowest BCUT2D eigenvalue weighted by Gasteiger charge is -2.23. The number of benzene rings is 1. The van der Waals surface area contributed by atoms with E-state index in [9.17, 15) is 0 Å². The van der Waals surface area contributed by atoms with Gasteiger partial charge in [0.15, 0.2) is 0 Å². The van der Waals surface area contributed by atoms with Gasteiger partial charge in [0, 0.05) is 12.6 Å². The lowest BCUT2D eigenvalue weighted by Crippen LogP contribution is -2.30. The third kappa shape index (κ3) is 5.33. The van der Waals surface area contributed by atoms with Crippen LogP contribution in [0.1, 0.15) is 45.8 Å². The van der Waals surface area contributed by atoms with E-state index in [0.717, 1.165) is 13.0 Å². The van der Waals surface area contributed by atoms with Crippen molar-refractivity contribution in [1.29, 1.82) is 0 Å². The Labute approximate surface area is 105 Å². The number of rotatable bonds is 7. The van der Waals surface area contributed by atoms with Gasteiger partial charge in [-0.1, -0.05) is 51.1 Å². The van der Waals surface area contributed by atoms with E-state index in [1.54, 1.807) is 0 Å². The fourth-order valence-corrected chi connectivity index (χ4v) is 1.63. The molecular formula is C15H25NO. The van der Waals surface area contributed by atoms with Crippen LogP contribution < -0.4 is 5.32 Å². The third-order valence-corrected chi connectivity index (χ3v) is 2.85. The van der Waals surface area contributed by atoms with Gasteiger partial charge < -0.3 is 10.1 Å². The first-order valence-corrected chi connectivity index (χ1v) is 6.57. The fourth-order valence-electron chi connectivity index (χ4n) is 1.63. The van der Waals surface area contributed by atoms with Gasteiger partial charge in [-0.3, -0.25) is 0 Å². The van der Waals surface area contributed by atoms with Gasteiger partial charge in [0.05, 0.1) is 12.2 Å². The van der Waals surface area contributed by atoms with Crippen LogP contribution in [0.25, 0.3) is 0 Å². The van der Waals surface area contributed by atoms with Crippen molar-refractivity contribution in [3.63, 3.8) is 0 Å². The topological polar surface area (TPSA) is 21.3 Å². The maximum atomic E-state index is 6.07. The molecule has 0 heterocycles. The summed E-state index contributed by atoms with van der Waals surface area (Å²) in [5.41, 5.74) is 1.25. The minimum Gasteiger partial charge on any atom is -0.369 e. The van der Waals surface area contributed by atoms with Crippen LogP contribution in [0, 0.1) is 0 Å². The van der Waals surface area contributed by atoms with Crippen molar-refractivity contribution in [2.24, 2.45) is 0 Å². The zero-order valence-electron chi connectivity index (χ0n) is 11.4. The highest BCUT2D eigenvalue weighted by atomic mass is 16.5. The van der Waals surface area contributed by atoms with Gasteiger partial charge in [0.2, 0.25) is 0 Å². The molecule has 0 saturated carbocycles. The molecule has 2 nitrogen and oxygen atoms in total. The highest BCUT2D eigenvalue weighted by Crippen LogP contribution is 2.19. The average Bonchev–Trinajstić information content (AvgIpc) is 2.35. The summed E-state index contributed by atoms with van der Waals surface area (Å²) in [4.78, 5) is 0. The van der Waals surface area contributed by atoms with Crippen LogP contribution >= 0.6 is 0 Å². The molecule has 0 aromatic heterocycles. The SMILES string of the molecule is CCC(C)OC(CNC(C)C)c1ccccc1. The van der Waals surface area contributed by atoms with Crippen molar-refractivity contribution in [3.8, 4) is 0 Å². The molecule has 0 saturated heterocycles. The highest BCUT2D eigenvalue weighted by Gasteiger charge is 2.14. The number of nitrogens with one attached hydrogen (secondary N) is 1. The van der Waals surface area contributed by atoms with Crippen molar-refractivity contribution in [2.45, 2.75) is 52.4 Å². The Kier molecular flexibility index (Phi) is 6.23. The molecule has 0 radical (unpaired) electrons. The van der Waals surface area contributed by atoms with Crippen LogP contribution in [-0.2, 0) is 4.74 Å². The molecule has 0 bridgehead atoms. The summed E-state index contributed by atoms with van der Waals surface area (Å²) < 4.78 is 6.07. The zero-order chi connectivity index (χ0) is 12.7. The third-order valence-electron chi connectivity index (χ3n) is 2.85. The fraction of sp³-hybridized carbons (Fsp3) is 0.600. The van der Waals surface area contributed by atoms with E-state index < -0.39 is 0 Å². The first-order chi connectivity index (χ1) is 8.13. The Morgan fingerprint density at radius 1 is 1.12 bits per heavy atom. The molecule has 0 aliphatic heterocycles. The van der Waals surface area contributed by atoms with Crippen molar-refractivity contribution >= 4 is 0 Å². The summed E-state index contributed by atoms with van der Waals surface area (Å²) in [6.07, 6.45) is 1.49. The van der Waals surface area contributed by atoms with Crippen molar-refractivity contribution in [3.05, 3.63) is 35.9 Å². The van der Waals surface area contributed by atoms with Crippen molar-refractivity contribution in [2.75, 3.05) is 6.54 Å². The Morgan fingerprint density at radius 2 is 1.76 bits per heavy atom. The summed E-state index contributed by atoms with van der Waals surface area (Å²) in [6.45, 7) is 9.47. The van der Waals surface area contributed by atoms with Crippen LogP contribution in [-0.4, -0.2) is 18.7 Å². The summed E-state index contributed by atoms with van der Waals surface area (Å²) in [7, 11) is 0. The normalized spacial score (nSPS) is 14.9. The van der Waals surface area contributed by atoms with Gasteiger partial charge in [-0.25, -0.2) is 0 Å². The van der Waals surface area contributed by atoms with E-state index in [-0.39, 0.29) is 6.10 Å². The van der Waals surface area contributed by atoms with Gasteiger partial charge in [0.1, 0.15) is 0 Å². The minimum atomic E-state index is 0.147. The van der Waals surface area contributed by atoms with Gasteiger partial charge >= 0.3 is 0 Å². The summed E-state index contributed by atoms with van der Waals surface area (Å²) in [6, 6.07) is 10.9. The standard InChI is InChI=1S/C15H25NO/c1-5-13(4)17-15(11-16-12(2)3)14-9-7-6-8-10-14/h6-10,12-13,15-16H,5,11H2,1-4H3. The monoisotopic (exact) mass is 235 g/mol. The molecular weight excluding hydrogens is 210 g/mol. The van der Waals surface area contributed by atoms with Gasteiger partial charge in [-0.15, -0.1) is 0 Å². The minimum absolute atomic E-state index is 0.147. The molecule has 0 spiro atoms. The van der Waals surface area contributed by atoms with E-state index in [1.165, 1.54) is 5.56 Å². The van der Waals surface area contributed by atoms with Gasteiger partial charge in [-0.05, 0) is 18.9 Å². The van der Waals surface area contributed by atoms with E-state index in [1.807, 2.05) is 6.07 Å². The van der Waals surface area contributed by atoms with E-state index in [0.29, 0.717) is 12.1 Å². The molecule has 1 N–H and O–H groups in total. The summed E-state index contributed by atoms with van der Waals surface area (Å²) in [5.74, 6) is 0. The Bertz CT molecular complexity index is 297. The zero-order valence-corrected chi connectivity index (χ0v) is 11.4. The quantitative estimate of drug-likeness (QED) is 0.780. The van der Waals surface area contributed by atoms with Crippen LogP contribution in [0.2, 0.25) is 0 Å². The maximum absolute atomic E-state index is 6.07. The second kappa shape index (κ2) is 7.46. The van der Waals surface area contributed by atoms with Crippen LogP contribution in [0.3, 0.4) is 0 Å². The largest absolute Gasteiger partial charge is 0.369 e. The Balaban J connectivity index is 2.65. The second-order valence-electron chi connectivity index (χ2n) is 4.82. The molecule has 0 aliphatic carbocycles. The summed E-state index contributed by atoms with van der Waals surface area (Å²) >= 11 is 0. The second-order valence-corrected chi connectivity index (χ2v) is 4.82. The van der Waals surface area contributed by atoms with Crippen LogP contribution in [0.5, 0.6) is 0 Å². The molecule has 0 aliphatic rings. The van der Waals surface area contributed by atoms with Gasteiger partial charge in [0.25, 0.3) is 0 Å². The molecule has 1 aromatic carbocycles. The highest BCUT2D eigenvalue weighted by molar-refractivity contribution is 5.18. The molecule has 17 heavy (non-hydrogen) atoms. The predicted octanol–water partition coefficient (Wildman–Crippen LogP) is 3.54. The van der Waals surface area contributed by atoms with E-state index in [2.05, 4.69) is 57.3 Å². The lowest BCUT2D eigenvalue weighted by atomic mass is 10.1. The first kappa shape index (κ1) is 14.2. The average molecular weight is 235 g/mol. The van der Waals surface area contributed by atoms with E-state index >= 15 is 0 Å². The Morgan fingerprint density at radius 3 is 2.29 bits per heavy atom. The van der Waals surface area contributed by atoms with E-state index in [4.69, 9.17) is 4.74 Å². The number of ether oxygens (including phenoxy) is 1. The smallest absolute Gasteiger partial charge is 0.0952 e. The first-order valence-electron chi connectivity index (χ1n) is 6.57. The van der Waals surface area contributed by atoms with Crippen molar-refractivity contribution < 1.29 is 4.74 Å². The number of hydrogen-bond acceptors (Lipinski definition) is 2. The molecule has 0 amide bonds. The van der Waals surface area contributed by atoms with Gasteiger partial charge in [-0.2, -0.15) is 0 Å².